The van der Waals surface area contributed by atoms with E-state index in [1.807, 2.05) is 0 Å². The predicted octanol–water partition coefficient (Wildman–Crippen LogP) is 2.38. The first-order chi connectivity index (χ1) is 8.91. The maximum atomic E-state index is 12.2. The van der Waals surface area contributed by atoms with Crippen molar-refractivity contribution in [2.75, 3.05) is 0 Å². The summed E-state index contributed by atoms with van der Waals surface area (Å²) in [6, 6.07) is 8.51. The molecule has 1 N–H and O–H groups in total. The first-order valence-corrected chi connectivity index (χ1v) is 7.39. The molecule has 0 atom stereocenters. The lowest BCUT2D eigenvalue weighted by molar-refractivity contribution is 0.0696. The van der Waals surface area contributed by atoms with Gasteiger partial charge in [0, 0.05) is 10.7 Å². The number of benzene rings is 1. The molecule has 0 aliphatic carbocycles. The summed E-state index contributed by atoms with van der Waals surface area (Å²) in [6.45, 7) is 0. The van der Waals surface area contributed by atoms with E-state index in [-0.39, 0.29) is 15.5 Å². The zero-order valence-corrected chi connectivity index (χ0v) is 11.8. The van der Waals surface area contributed by atoms with Crippen LogP contribution in [0.1, 0.15) is 10.4 Å². The van der Waals surface area contributed by atoms with Gasteiger partial charge in [-0.25, -0.2) is 18.2 Å². The lowest BCUT2D eigenvalue weighted by atomic mass is 10.3. The van der Waals surface area contributed by atoms with E-state index < -0.39 is 15.8 Å². The fourth-order valence-electron chi connectivity index (χ4n) is 1.40. The van der Waals surface area contributed by atoms with Gasteiger partial charge in [-0.15, -0.1) is 0 Å². The smallest absolute Gasteiger partial charge is 0.337 e. The van der Waals surface area contributed by atoms with E-state index in [0.717, 1.165) is 10.7 Å². The number of carboxylic acids is 1. The second-order valence-electron chi connectivity index (χ2n) is 3.65. The molecule has 0 saturated heterocycles. The third-order valence-corrected chi connectivity index (χ3v) is 4.60. The third-order valence-electron chi connectivity index (χ3n) is 2.38. The number of sulfone groups is 1. The zero-order valence-electron chi connectivity index (χ0n) is 9.45. The lowest BCUT2D eigenvalue weighted by Crippen LogP contribution is -2.06. The van der Waals surface area contributed by atoms with Crippen molar-refractivity contribution < 1.29 is 18.3 Å². The van der Waals surface area contributed by atoms with E-state index in [0.29, 0.717) is 0 Å². The highest BCUT2D eigenvalue weighted by molar-refractivity contribution is 9.10. The number of carboxylic acid groups (broad SMARTS) is 1. The quantitative estimate of drug-likeness (QED) is 0.926. The molecule has 5 nitrogen and oxygen atoms in total. The number of nitrogens with zero attached hydrogens (tertiary/aromatic N) is 1. The van der Waals surface area contributed by atoms with Gasteiger partial charge >= 0.3 is 5.97 Å². The number of aromatic carboxylic acids is 1. The molecule has 0 bridgehead atoms. The van der Waals surface area contributed by atoms with E-state index in [1.165, 1.54) is 24.3 Å². The summed E-state index contributed by atoms with van der Waals surface area (Å²) in [5.74, 6) is -1.15. The second kappa shape index (κ2) is 5.10. The van der Waals surface area contributed by atoms with Gasteiger partial charge in [-0.3, -0.25) is 0 Å². The normalized spacial score (nSPS) is 11.2. The summed E-state index contributed by atoms with van der Waals surface area (Å²) in [5.41, 5.74) is -0.0604. The average molecular weight is 342 g/mol. The molecule has 1 heterocycles. The average Bonchev–Trinajstić information content (AvgIpc) is 2.39. The number of carbonyl (C=O) groups is 1. The number of hydrogen-bond acceptors (Lipinski definition) is 4. The molecule has 98 valence electrons. The number of halogens is 1. The van der Waals surface area contributed by atoms with Crippen molar-refractivity contribution >= 4 is 31.7 Å². The van der Waals surface area contributed by atoms with Crippen LogP contribution in [0, 0.1) is 0 Å². The highest BCUT2D eigenvalue weighted by Gasteiger charge is 2.19. The van der Waals surface area contributed by atoms with Crippen molar-refractivity contribution in [1.82, 2.24) is 4.98 Å². The zero-order chi connectivity index (χ0) is 14.0. The van der Waals surface area contributed by atoms with Crippen LogP contribution >= 0.6 is 15.9 Å². The lowest BCUT2D eigenvalue weighted by Gasteiger charge is -2.04. The molecule has 0 fully saturated rings. The SMILES string of the molecule is O=C(O)c1ccc(S(=O)(=O)c2ccc(Br)cc2)nc1. The van der Waals surface area contributed by atoms with Crippen molar-refractivity contribution in [3.05, 3.63) is 52.6 Å². The molecule has 19 heavy (non-hydrogen) atoms. The van der Waals surface area contributed by atoms with Gasteiger partial charge in [0.1, 0.15) is 0 Å². The summed E-state index contributed by atoms with van der Waals surface area (Å²) in [4.78, 5) is 14.5. The van der Waals surface area contributed by atoms with E-state index in [2.05, 4.69) is 20.9 Å². The van der Waals surface area contributed by atoms with Crippen molar-refractivity contribution in [1.29, 1.82) is 0 Å². The number of rotatable bonds is 3. The Balaban J connectivity index is 2.44. The van der Waals surface area contributed by atoms with Crippen LogP contribution in [0.2, 0.25) is 0 Å². The molecule has 0 aliphatic heterocycles. The molecule has 7 heteroatoms. The number of aromatic nitrogens is 1. The Kier molecular flexibility index (Phi) is 3.68. The molecule has 1 aromatic carbocycles. The molecule has 0 unspecified atom stereocenters. The van der Waals surface area contributed by atoms with Crippen molar-refractivity contribution in [2.24, 2.45) is 0 Å². The van der Waals surface area contributed by atoms with Gasteiger partial charge in [0.15, 0.2) is 5.03 Å². The van der Waals surface area contributed by atoms with Crippen LogP contribution < -0.4 is 0 Å². The highest BCUT2D eigenvalue weighted by atomic mass is 79.9. The van der Waals surface area contributed by atoms with Crippen LogP contribution in [0.25, 0.3) is 0 Å². The number of hydrogen-bond donors (Lipinski definition) is 1. The summed E-state index contributed by atoms with van der Waals surface area (Å²) < 4.78 is 25.2. The van der Waals surface area contributed by atoms with Crippen LogP contribution in [-0.2, 0) is 9.84 Å². The Bertz CT molecular complexity index is 708. The largest absolute Gasteiger partial charge is 0.478 e. The monoisotopic (exact) mass is 341 g/mol. The number of pyridine rings is 1. The molecule has 0 amide bonds. The van der Waals surface area contributed by atoms with Gasteiger partial charge in [0.05, 0.1) is 10.5 Å². The van der Waals surface area contributed by atoms with Gasteiger partial charge in [-0.1, -0.05) is 15.9 Å². The van der Waals surface area contributed by atoms with E-state index in [4.69, 9.17) is 5.11 Å². The van der Waals surface area contributed by atoms with Gasteiger partial charge in [0.2, 0.25) is 9.84 Å². The minimum Gasteiger partial charge on any atom is -0.478 e. The van der Waals surface area contributed by atoms with Crippen LogP contribution in [-0.4, -0.2) is 24.5 Å². The van der Waals surface area contributed by atoms with Crippen LogP contribution in [0.3, 0.4) is 0 Å². The Morgan fingerprint density at radius 3 is 2.21 bits per heavy atom. The standard InChI is InChI=1S/C12H8BrNO4S/c13-9-2-4-10(5-3-9)19(17,18)11-6-1-8(7-14-11)12(15)16/h1-7H,(H,15,16). The van der Waals surface area contributed by atoms with Gasteiger partial charge in [-0.2, -0.15) is 0 Å². The highest BCUT2D eigenvalue weighted by Crippen LogP contribution is 2.21. The Hall–Kier alpha value is -1.73. The molecule has 0 radical (unpaired) electrons. The molecule has 0 saturated carbocycles. The van der Waals surface area contributed by atoms with Gasteiger partial charge in [0.25, 0.3) is 0 Å². The van der Waals surface area contributed by atoms with Crippen molar-refractivity contribution in [2.45, 2.75) is 9.92 Å². The maximum absolute atomic E-state index is 12.2. The minimum atomic E-state index is -3.72. The molecule has 1 aromatic heterocycles. The molecular formula is C12H8BrNO4S. The summed E-state index contributed by atoms with van der Waals surface area (Å²) in [7, 11) is -3.72. The summed E-state index contributed by atoms with van der Waals surface area (Å²) in [6.07, 6.45) is 1.02. The second-order valence-corrected chi connectivity index (χ2v) is 6.46. The third kappa shape index (κ3) is 2.82. The minimum absolute atomic E-state index is 0.0604. The maximum Gasteiger partial charge on any atom is 0.337 e. The fraction of sp³-hybridized carbons (Fsp3) is 0. The predicted molar refractivity (Wildman–Crippen MR) is 70.8 cm³/mol. The van der Waals surface area contributed by atoms with Crippen LogP contribution in [0.15, 0.2) is 57.0 Å². The van der Waals surface area contributed by atoms with E-state index in [9.17, 15) is 13.2 Å². The van der Waals surface area contributed by atoms with Gasteiger partial charge in [-0.05, 0) is 36.4 Å². The summed E-state index contributed by atoms with van der Waals surface area (Å²) >= 11 is 3.22. The molecule has 2 rings (SSSR count). The van der Waals surface area contributed by atoms with Gasteiger partial charge < -0.3 is 5.11 Å². The Morgan fingerprint density at radius 1 is 1.11 bits per heavy atom. The van der Waals surface area contributed by atoms with Crippen LogP contribution in [0.4, 0.5) is 0 Å². The first kappa shape index (κ1) is 13.7. The molecular weight excluding hydrogens is 334 g/mol. The topological polar surface area (TPSA) is 84.3 Å². The van der Waals surface area contributed by atoms with E-state index in [1.54, 1.807) is 12.1 Å². The van der Waals surface area contributed by atoms with Crippen molar-refractivity contribution in [3.8, 4) is 0 Å². The Labute approximate surface area is 118 Å². The van der Waals surface area contributed by atoms with Crippen LogP contribution in [0.5, 0.6) is 0 Å². The molecule has 0 aliphatic rings. The first-order valence-electron chi connectivity index (χ1n) is 5.11. The Morgan fingerprint density at radius 2 is 1.74 bits per heavy atom. The fourth-order valence-corrected chi connectivity index (χ4v) is 2.84. The van der Waals surface area contributed by atoms with E-state index >= 15 is 0 Å². The van der Waals surface area contributed by atoms with Crippen molar-refractivity contribution in [3.63, 3.8) is 0 Å². The molecule has 2 aromatic rings. The summed E-state index contributed by atoms with van der Waals surface area (Å²) in [5, 5.41) is 8.55. The molecule has 0 spiro atoms.